The number of nitriles is 2. The summed E-state index contributed by atoms with van der Waals surface area (Å²) in [5, 5.41) is 23.6. The normalized spacial score (nSPS) is 10.7. The average Bonchev–Trinajstić information content (AvgIpc) is 2.44. The molecule has 0 fully saturated rings. The molecular formula is C15H19N5. The molecule has 2 N–H and O–H groups in total. The fourth-order valence-corrected chi connectivity index (χ4v) is 1.82. The van der Waals surface area contributed by atoms with Gasteiger partial charge >= 0.3 is 0 Å². The predicted octanol–water partition coefficient (Wildman–Crippen LogP) is 2.43. The zero-order chi connectivity index (χ0) is 15.0. The van der Waals surface area contributed by atoms with Crippen LogP contribution in [0.2, 0.25) is 0 Å². The van der Waals surface area contributed by atoms with Crippen LogP contribution in [-0.4, -0.2) is 23.8 Å². The number of nitrogens with zero attached hydrogens (tertiary/aromatic N) is 4. The smallest absolute Gasteiger partial charge is 0.0667 e. The Bertz CT molecular complexity index is 545. The molecule has 1 rings (SSSR count). The summed E-state index contributed by atoms with van der Waals surface area (Å²) in [7, 11) is 0. The largest absolute Gasteiger partial charge is 0.398 e. The Morgan fingerprint density at radius 1 is 1.25 bits per heavy atom. The molecule has 5 heteroatoms. The topological polar surface area (TPSA) is 89.2 Å². The lowest BCUT2D eigenvalue weighted by molar-refractivity contribution is 0.302. The summed E-state index contributed by atoms with van der Waals surface area (Å²) in [5.74, 6) is 0. The number of rotatable bonds is 6. The van der Waals surface area contributed by atoms with Crippen LogP contribution in [0.4, 0.5) is 5.69 Å². The van der Waals surface area contributed by atoms with E-state index in [1.165, 1.54) is 0 Å². The van der Waals surface area contributed by atoms with Crippen LogP contribution in [0.15, 0.2) is 23.3 Å². The number of aryl methyl sites for hydroxylation is 1. The SMILES string of the molecule is C/C(=N\N(CCC#N)CCC#N)c1cc(C)ccc1N. The highest BCUT2D eigenvalue weighted by atomic mass is 15.4. The number of anilines is 1. The lowest BCUT2D eigenvalue weighted by Crippen LogP contribution is -2.22. The van der Waals surface area contributed by atoms with Crippen molar-refractivity contribution in [1.82, 2.24) is 5.01 Å². The van der Waals surface area contributed by atoms with Gasteiger partial charge in [-0.15, -0.1) is 0 Å². The fraction of sp³-hybridized carbons (Fsp3) is 0.400. The zero-order valence-corrected chi connectivity index (χ0v) is 11.9. The second-order valence-corrected chi connectivity index (χ2v) is 4.55. The minimum absolute atomic E-state index is 0.380. The lowest BCUT2D eigenvalue weighted by Gasteiger charge is -2.18. The molecule has 0 bridgehead atoms. The summed E-state index contributed by atoms with van der Waals surface area (Å²) in [6.07, 6.45) is 0.761. The molecule has 0 aliphatic heterocycles. The van der Waals surface area contributed by atoms with Crippen LogP contribution >= 0.6 is 0 Å². The average molecular weight is 269 g/mol. The van der Waals surface area contributed by atoms with E-state index in [0.717, 1.165) is 16.8 Å². The van der Waals surface area contributed by atoms with Gasteiger partial charge in [-0.25, -0.2) is 0 Å². The highest BCUT2D eigenvalue weighted by Crippen LogP contribution is 2.15. The number of hydrazone groups is 1. The van der Waals surface area contributed by atoms with Gasteiger partial charge in [0, 0.05) is 24.3 Å². The molecule has 0 aliphatic carbocycles. The number of nitrogen functional groups attached to an aromatic ring is 1. The Morgan fingerprint density at radius 3 is 2.40 bits per heavy atom. The van der Waals surface area contributed by atoms with E-state index in [9.17, 15) is 0 Å². The third-order valence-electron chi connectivity index (χ3n) is 2.85. The second-order valence-electron chi connectivity index (χ2n) is 4.55. The molecule has 0 atom stereocenters. The van der Waals surface area contributed by atoms with Gasteiger partial charge in [0.1, 0.15) is 0 Å². The Hall–Kier alpha value is -2.53. The molecule has 0 aliphatic rings. The molecule has 0 radical (unpaired) electrons. The Kier molecular flexibility index (Phi) is 6.06. The van der Waals surface area contributed by atoms with Crippen molar-refractivity contribution in [2.45, 2.75) is 26.7 Å². The Balaban J connectivity index is 2.94. The van der Waals surface area contributed by atoms with Crippen molar-refractivity contribution in [1.29, 1.82) is 10.5 Å². The van der Waals surface area contributed by atoms with Crippen LogP contribution in [0.25, 0.3) is 0 Å². The molecule has 1 aromatic carbocycles. The second kappa shape index (κ2) is 7.81. The van der Waals surface area contributed by atoms with Crippen LogP contribution in [-0.2, 0) is 0 Å². The molecule has 0 unspecified atom stereocenters. The van der Waals surface area contributed by atoms with Gasteiger partial charge in [0.05, 0.1) is 30.7 Å². The summed E-state index contributed by atoms with van der Waals surface area (Å²) in [5.41, 5.74) is 9.44. The molecule has 0 amide bonds. The van der Waals surface area contributed by atoms with Gasteiger partial charge in [-0.2, -0.15) is 15.6 Å². The molecular weight excluding hydrogens is 250 g/mol. The number of hydrogen-bond acceptors (Lipinski definition) is 5. The van der Waals surface area contributed by atoms with Crippen molar-refractivity contribution < 1.29 is 0 Å². The minimum atomic E-state index is 0.380. The van der Waals surface area contributed by atoms with Crippen molar-refractivity contribution in [3.8, 4) is 12.1 Å². The minimum Gasteiger partial charge on any atom is -0.398 e. The van der Waals surface area contributed by atoms with Gasteiger partial charge in [-0.3, -0.25) is 5.01 Å². The highest BCUT2D eigenvalue weighted by molar-refractivity contribution is 6.03. The fourth-order valence-electron chi connectivity index (χ4n) is 1.82. The van der Waals surface area contributed by atoms with Crippen molar-refractivity contribution in [2.24, 2.45) is 5.10 Å². The third-order valence-corrected chi connectivity index (χ3v) is 2.85. The summed E-state index contributed by atoms with van der Waals surface area (Å²) in [4.78, 5) is 0. The van der Waals surface area contributed by atoms with E-state index in [0.29, 0.717) is 31.6 Å². The summed E-state index contributed by atoms with van der Waals surface area (Å²) < 4.78 is 0. The van der Waals surface area contributed by atoms with Gasteiger partial charge in [-0.1, -0.05) is 11.6 Å². The van der Waals surface area contributed by atoms with Gasteiger partial charge < -0.3 is 5.73 Å². The zero-order valence-electron chi connectivity index (χ0n) is 11.9. The van der Waals surface area contributed by atoms with Crippen molar-refractivity contribution in [3.63, 3.8) is 0 Å². The first kappa shape index (κ1) is 15.5. The number of benzene rings is 1. The third kappa shape index (κ3) is 4.62. The molecule has 0 heterocycles. The molecule has 20 heavy (non-hydrogen) atoms. The van der Waals surface area contributed by atoms with Gasteiger partial charge in [-0.05, 0) is 26.0 Å². The molecule has 0 spiro atoms. The van der Waals surface area contributed by atoms with E-state index in [-0.39, 0.29) is 0 Å². The first-order valence-electron chi connectivity index (χ1n) is 6.49. The highest BCUT2D eigenvalue weighted by Gasteiger charge is 2.06. The van der Waals surface area contributed by atoms with Gasteiger partial charge in [0.15, 0.2) is 0 Å². The van der Waals surface area contributed by atoms with E-state index in [1.807, 2.05) is 32.0 Å². The first-order chi connectivity index (χ1) is 9.58. The summed E-state index contributed by atoms with van der Waals surface area (Å²) >= 11 is 0. The monoisotopic (exact) mass is 269 g/mol. The number of nitrogens with two attached hydrogens (primary N) is 1. The quantitative estimate of drug-likeness (QED) is 0.488. The van der Waals surface area contributed by atoms with Crippen molar-refractivity contribution in [2.75, 3.05) is 18.8 Å². The summed E-state index contributed by atoms with van der Waals surface area (Å²) in [6, 6.07) is 9.98. The van der Waals surface area contributed by atoms with Crippen molar-refractivity contribution in [3.05, 3.63) is 29.3 Å². The van der Waals surface area contributed by atoms with E-state index in [2.05, 4.69) is 17.2 Å². The molecule has 0 saturated heterocycles. The van der Waals surface area contributed by atoms with Crippen molar-refractivity contribution >= 4 is 11.4 Å². The molecule has 104 valence electrons. The van der Waals surface area contributed by atoms with E-state index < -0.39 is 0 Å². The molecule has 5 nitrogen and oxygen atoms in total. The first-order valence-corrected chi connectivity index (χ1v) is 6.49. The van der Waals surface area contributed by atoms with Crippen LogP contribution < -0.4 is 5.73 Å². The standard InChI is InChI=1S/C15H19N5/c1-12-5-6-15(18)14(11-12)13(2)19-20(9-3-7-16)10-4-8-17/h5-6,11H,3-4,9-10,18H2,1-2H3/b19-13+. The number of hydrogen-bond donors (Lipinski definition) is 1. The predicted molar refractivity (Wildman–Crippen MR) is 79.8 cm³/mol. The molecule has 0 aromatic heterocycles. The molecule has 1 aromatic rings. The summed E-state index contributed by atoms with van der Waals surface area (Å²) in [6.45, 7) is 4.92. The van der Waals surface area contributed by atoms with E-state index in [1.54, 1.807) is 5.01 Å². The van der Waals surface area contributed by atoms with Gasteiger partial charge in [0.25, 0.3) is 0 Å². The van der Waals surface area contributed by atoms with E-state index >= 15 is 0 Å². The Morgan fingerprint density at radius 2 is 1.85 bits per heavy atom. The molecule has 0 saturated carbocycles. The maximum Gasteiger partial charge on any atom is 0.0667 e. The van der Waals surface area contributed by atoms with Crippen LogP contribution in [0.1, 0.15) is 30.9 Å². The van der Waals surface area contributed by atoms with Crippen LogP contribution in [0.5, 0.6) is 0 Å². The van der Waals surface area contributed by atoms with Crippen LogP contribution in [0, 0.1) is 29.6 Å². The maximum atomic E-state index is 8.66. The maximum absolute atomic E-state index is 8.66. The van der Waals surface area contributed by atoms with E-state index in [4.69, 9.17) is 16.3 Å². The van der Waals surface area contributed by atoms with Gasteiger partial charge in [0.2, 0.25) is 0 Å². The lowest BCUT2D eigenvalue weighted by atomic mass is 10.1. The Labute approximate surface area is 119 Å². The van der Waals surface area contributed by atoms with Crippen LogP contribution in [0.3, 0.4) is 0 Å².